The molecule has 12 heavy (non-hydrogen) atoms. The van der Waals surface area contributed by atoms with Crippen molar-refractivity contribution in [3.63, 3.8) is 0 Å². The van der Waals surface area contributed by atoms with Crippen molar-refractivity contribution in [3.8, 4) is 0 Å². The molecule has 1 rings (SSSR count). The molecule has 0 radical (unpaired) electrons. The molecule has 0 bridgehead atoms. The van der Waals surface area contributed by atoms with Gasteiger partial charge < -0.3 is 5.11 Å². The number of rotatable bonds is 3. The third-order valence-corrected chi connectivity index (χ3v) is 1.93. The first kappa shape index (κ1) is 9.23. The average molecular weight is 185 g/mol. The highest BCUT2D eigenvalue weighted by atomic mass is 35.5. The zero-order valence-corrected chi connectivity index (χ0v) is 7.21. The Morgan fingerprint density at radius 3 is 2.83 bits per heavy atom. The number of carbonyl (C=O) groups excluding carboxylic acids is 1. The van der Waals surface area contributed by atoms with E-state index in [-0.39, 0.29) is 6.61 Å². The van der Waals surface area contributed by atoms with E-state index in [1.54, 1.807) is 18.2 Å². The maximum absolute atomic E-state index is 10.4. The van der Waals surface area contributed by atoms with Gasteiger partial charge in [-0.15, -0.1) is 0 Å². The molecule has 64 valence electrons. The number of benzene rings is 1. The van der Waals surface area contributed by atoms with Gasteiger partial charge in [0.05, 0.1) is 5.02 Å². The first-order valence-corrected chi connectivity index (χ1v) is 4.00. The minimum Gasteiger partial charge on any atom is -0.396 e. The lowest BCUT2D eigenvalue weighted by molar-refractivity contribution is 0.112. The van der Waals surface area contributed by atoms with Crippen molar-refractivity contribution in [3.05, 3.63) is 34.3 Å². The summed E-state index contributed by atoms with van der Waals surface area (Å²) in [7, 11) is 0. The summed E-state index contributed by atoms with van der Waals surface area (Å²) >= 11 is 5.70. The van der Waals surface area contributed by atoms with Crippen molar-refractivity contribution < 1.29 is 9.90 Å². The van der Waals surface area contributed by atoms with Crippen molar-refractivity contribution in [2.45, 2.75) is 6.42 Å². The molecule has 0 saturated carbocycles. The van der Waals surface area contributed by atoms with Crippen LogP contribution in [0.2, 0.25) is 5.02 Å². The molecule has 0 heterocycles. The normalized spacial score (nSPS) is 9.83. The molecule has 0 spiro atoms. The molecule has 1 N–H and O–H groups in total. The molecule has 1 aromatic rings. The van der Waals surface area contributed by atoms with Gasteiger partial charge >= 0.3 is 0 Å². The van der Waals surface area contributed by atoms with Gasteiger partial charge in [-0.3, -0.25) is 4.79 Å². The average Bonchev–Trinajstić information content (AvgIpc) is 2.09. The van der Waals surface area contributed by atoms with Gasteiger partial charge in [-0.25, -0.2) is 0 Å². The van der Waals surface area contributed by atoms with Crippen LogP contribution in [-0.2, 0) is 6.42 Å². The highest BCUT2D eigenvalue weighted by molar-refractivity contribution is 6.32. The van der Waals surface area contributed by atoms with E-state index in [1.165, 1.54) is 0 Å². The highest BCUT2D eigenvalue weighted by Gasteiger charge is 1.99. The van der Waals surface area contributed by atoms with Crippen LogP contribution >= 0.6 is 11.6 Å². The van der Waals surface area contributed by atoms with E-state index in [0.717, 1.165) is 5.56 Å². The van der Waals surface area contributed by atoms with Crippen molar-refractivity contribution in [2.24, 2.45) is 0 Å². The van der Waals surface area contributed by atoms with Crippen LogP contribution in [0.15, 0.2) is 18.2 Å². The fraction of sp³-hybridized carbons (Fsp3) is 0.222. The van der Waals surface area contributed by atoms with Gasteiger partial charge in [0.2, 0.25) is 0 Å². The van der Waals surface area contributed by atoms with Gasteiger partial charge in [0, 0.05) is 12.2 Å². The van der Waals surface area contributed by atoms with Gasteiger partial charge in [-0.2, -0.15) is 0 Å². The van der Waals surface area contributed by atoms with Crippen LogP contribution in [0.1, 0.15) is 15.9 Å². The summed E-state index contributed by atoms with van der Waals surface area (Å²) in [5, 5.41) is 9.08. The predicted molar refractivity (Wildman–Crippen MR) is 47.6 cm³/mol. The maximum atomic E-state index is 10.4. The highest BCUT2D eigenvalue weighted by Crippen LogP contribution is 2.15. The third-order valence-electron chi connectivity index (χ3n) is 1.59. The molecular weight excluding hydrogens is 176 g/mol. The molecule has 3 heteroatoms. The molecule has 2 nitrogen and oxygen atoms in total. The van der Waals surface area contributed by atoms with E-state index in [1.807, 2.05) is 0 Å². The van der Waals surface area contributed by atoms with E-state index in [2.05, 4.69) is 0 Å². The maximum Gasteiger partial charge on any atom is 0.151 e. The summed E-state index contributed by atoms with van der Waals surface area (Å²) in [5.41, 5.74) is 1.40. The van der Waals surface area contributed by atoms with E-state index < -0.39 is 0 Å². The molecule has 0 aliphatic heterocycles. The number of carbonyl (C=O) groups is 1. The number of aliphatic hydroxyl groups excluding tert-OH is 1. The summed E-state index contributed by atoms with van der Waals surface area (Å²) in [6.07, 6.45) is 1.27. The zero-order chi connectivity index (χ0) is 8.97. The van der Waals surface area contributed by atoms with Gasteiger partial charge in [-0.1, -0.05) is 17.7 Å². The molecule has 0 aliphatic carbocycles. The van der Waals surface area contributed by atoms with Gasteiger partial charge in [0.15, 0.2) is 6.29 Å². The van der Waals surface area contributed by atoms with Crippen molar-refractivity contribution in [1.82, 2.24) is 0 Å². The first-order valence-electron chi connectivity index (χ1n) is 3.62. The van der Waals surface area contributed by atoms with E-state index in [0.29, 0.717) is 23.3 Å². The second-order valence-electron chi connectivity index (χ2n) is 2.45. The van der Waals surface area contributed by atoms with E-state index in [4.69, 9.17) is 16.7 Å². The van der Waals surface area contributed by atoms with Gasteiger partial charge in [0.25, 0.3) is 0 Å². The van der Waals surface area contributed by atoms with Crippen LogP contribution < -0.4 is 0 Å². The molecule has 0 saturated heterocycles. The number of halogens is 1. The van der Waals surface area contributed by atoms with Crippen LogP contribution in [0.25, 0.3) is 0 Å². The predicted octanol–water partition coefficient (Wildman–Crippen LogP) is 1.69. The molecule has 0 aliphatic rings. The lowest BCUT2D eigenvalue weighted by Gasteiger charge is -2.00. The van der Waals surface area contributed by atoms with Crippen molar-refractivity contribution in [2.75, 3.05) is 6.61 Å². The first-order chi connectivity index (χ1) is 5.77. The SMILES string of the molecule is O=Cc1cc(CCO)ccc1Cl. The molecular formula is C9H9ClO2. The standard InChI is InChI=1S/C9H9ClO2/c10-9-2-1-7(3-4-11)5-8(9)6-12/h1-2,5-6,11H,3-4H2. The third kappa shape index (κ3) is 2.06. The zero-order valence-electron chi connectivity index (χ0n) is 6.46. The lowest BCUT2D eigenvalue weighted by atomic mass is 10.1. The van der Waals surface area contributed by atoms with Crippen LogP contribution in [0.4, 0.5) is 0 Å². The fourth-order valence-electron chi connectivity index (χ4n) is 0.968. The Bertz CT molecular complexity index is 284. The molecule has 0 atom stereocenters. The Morgan fingerprint density at radius 1 is 1.50 bits per heavy atom. The number of hydrogen-bond acceptors (Lipinski definition) is 2. The van der Waals surface area contributed by atoms with E-state index >= 15 is 0 Å². The van der Waals surface area contributed by atoms with Crippen LogP contribution in [-0.4, -0.2) is 18.0 Å². The second kappa shape index (κ2) is 4.24. The Kier molecular flexibility index (Phi) is 3.26. The van der Waals surface area contributed by atoms with Crippen molar-refractivity contribution in [1.29, 1.82) is 0 Å². The largest absolute Gasteiger partial charge is 0.396 e. The Hall–Kier alpha value is -0.860. The molecule has 0 unspecified atom stereocenters. The molecule has 0 fully saturated rings. The number of aliphatic hydroxyl groups is 1. The Labute approximate surface area is 75.8 Å². The molecule has 1 aromatic carbocycles. The minimum atomic E-state index is 0.0833. The van der Waals surface area contributed by atoms with Gasteiger partial charge in [-0.05, 0) is 24.1 Å². The second-order valence-corrected chi connectivity index (χ2v) is 2.85. The summed E-state index contributed by atoms with van der Waals surface area (Å²) in [4.78, 5) is 10.4. The summed E-state index contributed by atoms with van der Waals surface area (Å²) in [6, 6.07) is 5.15. The van der Waals surface area contributed by atoms with Crippen LogP contribution in [0.5, 0.6) is 0 Å². The molecule has 0 aromatic heterocycles. The smallest absolute Gasteiger partial charge is 0.151 e. The quantitative estimate of drug-likeness (QED) is 0.726. The summed E-state index contributed by atoms with van der Waals surface area (Å²) in [6.45, 7) is 0.0833. The molecule has 0 amide bonds. The topological polar surface area (TPSA) is 37.3 Å². The number of aldehydes is 1. The summed E-state index contributed by atoms with van der Waals surface area (Å²) < 4.78 is 0. The van der Waals surface area contributed by atoms with Crippen LogP contribution in [0, 0.1) is 0 Å². The Balaban J connectivity index is 2.96. The van der Waals surface area contributed by atoms with Gasteiger partial charge in [0.1, 0.15) is 0 Å². The summed E-state index contributed by atoms with van der Waals surface area (Å²) in [5.74, 6) is 0. The lowest BCUT2D eigenvalue weighted by Crippen LogP contribution is -1.92. The Morgan fingerprint density at radius 2 is 2.25 bits per heavy atom. The van der Waals surface area contributed by atoms with E-state index in [9.17, 15) is 4.79 Å². The monoisotopic (exact) mass is 184 g/mol. The number of hydrogen-bond donors (Lipinski definition) is 1. The van der Waals surface area contributed by atoms with Crippen molar-refractivity contribution >= 4 is 17.9 Å². The fourth-order valence-corrected chi connectivity index (χ4v) is 1.13. The van der Waals surface area contributed by atoms with Crippen LogP contribution in [0.3, 0.4) is 0 Å². The minimum absolute atomic E-state index is 0.0833.